The molecule has 0 radical (unpaired) electrons. The molecule has 222 valence electrons. The molecule has 0 saturated carbocycles. The number of aromatic nitrogens is 1. The number of carbonyl (C=O) groups excluding carboxylic acids is 1. The maximum Gasteiger partial charge on any atom is 0.410 e. The number of anilines is 1. The van der Waals surface area contributed by atoms with Crippen LogP contribution in [0.2, 0.25) is 0 Å². The van der Waals surface area contributed by atoms with E-state index in [1.165, 1.54) is 5.39 Å². The minimum atomic E-state index is -0.282. The first-order valence-electron chi connectivity index (χ1n) is 15.1. The Morgan fingerprint density at radius 3 is 2.67 bits per heavy atom. The number of aliphatic imine (C=N–C) groups is 1. The zero-order valence-corrected chi connectivity index (χ0v) is 25.0. The number of unbranched alkanes of at least 4 members (excludes halogenated alkanes) is 1. The summed E-state index contributed by atoms with van der Waals surface area (Å²) in [4.78, 5) is 36.3. The van der Waals surface area contributed by atoms with Crippen molar-refractivity contribution in [1.29, 1.82) is 0 Å². The summed E-state index contributed by atoms with van der Waals surface area (Å²) in [6.07, 6.45) is 3.46. The molecule has 4 aromatic rings. The number of hydrogen-bond acceptors (Lipinski definition) is 9. The van der Waals surface area contributed by atoms with Crippen molar-refractivity contribution >= 4 is 45.0 Å². The van der Waals surface area contributed by atoms with Crippen LogP contribution < -0.4 is 15.2 Å². The van der Waals surface area contributed by atoms with Gasteiger partial charge in [-0.25, -0.2) is 20.3 Å². The van der Waals surface area contributed by atoms with Gasteiger partial charge < -0.3 is 19.4 Å². The second kappa shape index (κ2) is 12.6. The first-order valence-corrected chi connectivity index (χ1v) is 15.9. The normalized spacial score (nSPS) is 16.6. The second-order valence-corrected chi connectivity index (χ2v) is 12.3. The number of carbonyl (C=O) groups is 1. The molecule has 10 heteroatoms. The maximum atomic E-state index is 12.7. The van der Waals surface area contributed by atoms with Crippen molar-refractivity contribution in [1.82, 2.24) is 20.3 Å². The zero-order chi connectivity index (χ0) is 29.0. The van der Waals surface area contributed by atoms with E-state index in [4.69, 9.17) is 19.6 Å². The van der Waals surface area contributed by atoms with Crippen LogP contribution in [0.25, 0.3) is 10.9 Å². The summed E-state index contributed by atoms with van der Waals surface area (Å²) in [6.45, 7) is 6.61. The van der Waals surface area contributed by atoms with Gasteiger partial charge in [-0.3, -0.25) is 4.90 Å². The van der Waals surface area contributed by atoms with Gasteiger partial charge in [0, 0.05) is 55.0 Å². The molecule has 2 aromatic carbocycles. The SMILES string of the molecule is O=C(OCc1ccccc1)N1CCc2c(sc3c2ONC(CCCCN2CCN(c4ccc5ccccc5n4)CC2)=N3)C1. The van der Waals surface area contributed by atoms with Crippen molar-refractivity contribution in [3.8, 4) is 5.75 Å². The molecule has 5 heterocycles. The highest BCUT2D eigenvalue weighted by atomic mass is 32.1. The fraction of sp³-hybridized carbons (Fsp3) is 0.364. The molecule has 1 saturated heterocycles. The lowest BCUT2D eigenvalue weighted by molar-refractivity contribution is 0.0920. The van der Waals surface area contributed by atoms with Gasteiger partial charge in [0.05, 0.1) is 12.1 Å². The van der Waals surface area contributed by atoms with Gasteiger partial charge in [0.1, 0.15) is 18.3 Å². The largest absolute Gasteiger partial charge is 0.445 e. The van der Waals surface area contributed by atoms with E-state index in [0.717, 1.165) is 102 Å². The number of pyridine rings is 1. The van der Waals surface area contributed by atoms with Crippen LogP contribution in [0, 0.1) is 0 Å². The fourth-order valence-corrected chi connectivity index (χ4v) is 7.11. The topological polar surface area (TPSA) is 82.5 Å². The Kier molecular flexibility index (Phi) is 8.11. The minimum Gasteiger partial charge on any atom is -0.445 e. The van der Waals surface area contributed by atoms with Crippen molar-refractivity contribution in [2.45, 2.75) is 38.8 Å². The highest BCUT2D eigenvalue weighted by Crippen LogP contribution is 2.46. The van der Waals surface area contributed by atoms with Crippen molar-refractivity contribution in [2.24, 2.45) is 4.99 Å². The van der Waals surface area contributed by atoms with Gasteiger partial charge in [-0.05, 0) is 49.6 Å². The number of nitrogens with zero attached hydrogens (tertiary/aromatic N) is 5. The molecule has 1 amide bonds. The quantitative estimate of drug-likeness (QED) is 0.253. The molecule has 43 heavy (non-hydrogen) atoms. The van der Waals surface area contributed by atoms with E-state index >= 15 is 0 Å². The Bertz CT molecular complexity index is 1620. The van der Waals surface area contributed by atoms with Crippen LogP contribution in [0.4, 0.5) is 15.6 Å². The van der Waals surface area contributed by atoms with Crippen LogP contribution in [-0.2, 0) is 24.3 Å². The molecule has 0 unspecified atom stereocenters. The molecule has 3 aliphatic heterocycles. The highest BCUT2D eigenvalue weighted by molar-refractivity contribution is 7.16. The number of rotatable bonds is 8. The number of amidine groups is 1. The summed E-state index contributed by atoms with van der Waals surface area (Å²) < 4.78 is 5.55. The summed E-state index contributed by atoms with van der Waals surface area (Å²) in [6, 6.07) is 22.4. The summed E-state index contributed by atoms with van der Waals surface area (Å²) >= 11 is 1.62. The number of piperazine rings is 1. The van der Waals surface area contributed by atoms with Crippen molar-refractivity contribution in [3.05, 3.63) is 82.7 Å². The lowest BCUT2D eigenvalue weighted by atomic mass is 10.1. The van der Waals surface area contributed by atoms with E-state index in [-0.39, 0.29) is 12.7 Å². The standard InChI is InChI=1S/C33H36N6O3S/c40-33(41-23-24-8-2-1-3-9-24)39-17-15-26-28(22-39)43-32-31(26)42-36-29(35-32)12-6-7-16-37-18-20-38(21-19-37)30-14-13-25-10-4-5-11-27(25)34-30/h1-5,8-11,13-14H,6-7,12,15-23H2,(H,35,36). The third kappa shape index (κ3) is 6.30. The van der Waals surface area contributed by atoms with Gasteiger partial charge in [0.2, 0.25) is 0 Å². The number of amides is 1. The van der Waals surface area contributed by atoms with E-state index in [1.54, 1.807) is 16.2 Å². The number of hydrogen-bond donors (Lipinski definition) is 1. The zero-order valence-electron chi connectivity index (χ0n) is 24.2. The van der Waals surface area contributed by atoms with E-state index in [9.17, 15) is 4.79 Å². The summed E-state index contributed by atoms with van der Waals surface area (Å²) in [7, 11) is 0. The van der Waals surface area contributed by atoms with E-state index in [1.807, 2.05) is 36.4 Å². The predicted octanol–water partition coefficient (Wildman–Crippen LogP) is 5.91. The Labute approximate surface area is 255 Å². The van der Waals surface area contributed by atoms with Crippen molar-refractivity contribution < 1.29 is 14.4 Å². The molecule has 0 atom stereocenters. The third-order valence-corrected chi connectivity index (χ3v) is 9.47. The van der Waals surface area contributed by atoms with E-state index < -0.39 is 0 Å². The molecule has 2 aromatic heterocycles. The molecule has 1 fully saturated rings. The second-order valence-electron chi connectivity index (χ2n) is 11.3. The molecule has 7 rings (SSSR count). The summed E-state index contributed by atoms with van der Waals surface area (Å²) in [5, 5.41) is 2.09. The minimum absolute atomic E-state index is 0.281. The van der Waals surface area contributed by atoms with Crippen LogP contribution in [0.3, 0.4) is 0 Å². The van der Waals surface area contributed by atoms with Gasteiger partial charge in [-0.2, -0.15) is 0 Å². The smallest absolute Gasteiger partial charge is 0.410 e. The first-order chi connectivity index (χ1) is 21.2. The summed E-state index contributed by atoms with van der Waals surface area (Å²) in [5.41, 5.74) is 6.28. The number of thiophene rings is 1. The molecule has 9 nitrogen and oxygen atoms in total. The summed E-state index contributed by atoms with van der Waals surface area (Å²) in [5.74, 6) is 2.77. The molecular formula is C33H36N6O3S. The average Bonchev–Trinajstić information content (AvgIpc) is 3.43. The van der Waals surface area contributed by atoms with Crippen LogP contribution in [0.1, 0.15) is 35.3 Å². The number of para-hydroxylation sites is 1. The van der Waals surface area contributed by atoms with Gasteiger partial charge >= 0.3 is 6.09 Å². The molecule has 0 bridgehead atoms. The first kappa shape index (κ1) is 27.7. The number of hydroxylamine groups is 1. The number of nitrogens with one attached hydrogen (secondary N) is 1. The fourth-order valence-electron chi connectivity index (χ4n) is 5.93. The van der Waals surface area contributed by atoms with Gasteiger partial charge in [-0.15, -0.1) is 11.3 Å². The maximum absolute atomic E-state index is 12.7. The monoisotopic (exact) mass is 596 g/mol. The van der Waals surface area contributed by atoms with E-state index in [0.29, 0.717) is 13.1 Å². The van der Waals surface area contributed by atoms with Crippen LogP contribution in [-0.4, -0.2) is 66.0 Å². The van der Waals surface area contributed by atoms with Gasteiger partial charge in [0.25, 0.3) is 0 Å². The molecule has 3 aliphatic rings. The Hall–Kier alpha value is -4.15. The molecule has 0 spiro atoms. The van der Waals surface area contributed by atoms with E-state index in [2.05, 4.69) is 45.6 Å². The average molecular weight is 597 g/mol. The van der Waals surface area contributed by atoms with Gasteiger partial charge in [0.15, 0.2) is 10.8 Å². The molecule has 1 N–H and O–H groups in total. The Balaban J connectivity index is 0.858. The lowest BCUT2D eigenvalue weighted by Gasteiger charge is -2.35. The van der Waals surface area contributed by atoms with Crippen LogP contribution in [0.5, 0.6) is 5.75 Å². The van der Waals surface area contributed by atoms with Crippen LogP contribution in [0.15, 0.2) is 71.7 Å². The highest BCUT2D eigenvalue weighted by Gasteiger charge is 2.30. The van der Waals surface area contributed by atoms with Crippen molar-refractivity contribution in [2.75, 3.05) is 44.2 Å². The lowest BCUT2D eigenvalue weighted by Crippen LogP contribution is -2.46. The number of fused-ring (bicyclic) bond motifs is 4. The van der Waals surface area contributed by atoms with Crippen molar-refractivity contribution in [3.63, 3.8) is 0 Å². The number of benzene rings is 2. The number of ether oxygens (including phenoxy) is 1. The predicted molar refractivity (Wildman–Crippen MR) is 170 cm³/mol. The Morgan fingerprint density at radius 2 is 1.79 bits per heavy atom. The Morgan fingerprint density at radius 1 is 0.953 bits per heavy atom. The third-order valence-electron chi connectivity index (χ3n) is 8.38. The molecule has 0 aliphatic carbocycles. The van der Waals surface area contributed by atoms with Gasteiger partial charge in [-0.1, -0.05) is 48.5 Å². The molecular weight excluding hydrogens is 560 g/mol. The van der Waals surface area contributed by atoms with Crippen LogP contribution >= 0.6 is 11.3 Å².